The lowest BCUT2D eigenvalue weighted by Gasteiger charge is -2.52. The fourth-order valence-corrected chi connectivity index (χ4v) is 2.02. The fourth-order valence-electron chi connectivity index (χ4n) is 0.850. The highest BCUT2D eigenvalue weighted by atomic mass is 33.1. The third-order valence-electron chi connectivity index (χ3n) is 1.72. The molecule has 0 aromatic rings. The van der Waals surface area contributed by atoms with Crippen LogP contribution in [-0.4, -0.2) is 22.8 Å². The summed E-state index contributed by atoms with van der Waals surface area (Å²) in [6.07, 6.45) is 0. The Bertz CT molecular complexity index is 219. The van der Waals surface area contributed by atoms with Crippen molar-refractivity contribution < 1.29 is 30.7 Å². The molecule has 0 nitrogen and oxygen atoms in total. The molecule has 9 heteroatoms. The van der Waals surface area contributed by atoms with E-state index in [0.29, 0.717) is 0 Å². The molecule has 0 N–H and O–H groups in total. The lowest BCUT2D eigenvalue weighted by Crippen LogP contribution is -2.82. The van der Waals surface area contributed by atoms with Gasteiger partial charge >= 0.3 is 22.8 Å². The van der Waals surface area contributed by atoms with E-state index < -0.39 is 33.6 Å². The summed E-state index contributed by atoms with van der Waals surface area (Å²) in [4.78, 5) is 0. The van der Waals surface area contributed by atoms with Gasteiger partial charge in [0.25, 0.3) is 0 Å². The third kappa shape index (κ3) is 0.828. The minimum atomic E-state index is -5.66. The fraction of sp³-hybridized carbons (Fsp3) is 1.00. The summed E-state index contributed by atoms with van der Waals surface area (Å²) >= 11 is 2.79. The minimum Gasteiger partial charge on any atom is -0.217 e. The number of hydrogen-bond donors (Lipinski definition) is 1. The van der Waals surface area contributed by atoms with E-state index >= 15 is 0 Å². The maximum absolute atomic E-state index is 12.6. The van der Waals surface area contributed by atoms with Crippen LogP contribution >= 0.6 is 22.5 Å². The van der Waals surface area contributed by atoms with Gasteiger partial charge in [-0.15, -0.1) is 11.7 Å². The van der Waals surface area contributed by atoms with E-state index in [2.05, 4.69) is 11.7 Å². The first-order valence-corrected chi connectivity index (χ1v) is 4.58. The number of halogens is 7. The molecule has 1 saturated carbocycles. The van der Waals surface area contributed by atoms with Gasteiger partial charge in [0, 0.05) is 0 Å². The van der Waals surface area contributed by atoms with Crippen molar-refractivity contribution in [2.45, 2.75) is 22.8 Å². The second kappa shape index (κ2) is 2.41. The van der Waals surface area contributed by atoms with Crippen molar-refractivity contribution in [1.29, 1.82) is 0 Å². The van der Waals surface area contributed by atoms with Gasteiger partial charge in [-0.1, -0.05) is 0 Å². The monoisotopic (exact) mass is 246 g/mol. The summed E-state index contributed by atoms with van der Waals surface area (Å²) < 4.78 is 85.3. The van der Waals surface area contributed by atoms with Crippen LogP contribution in [-0.2, 0) is 0 Å². The smallest absolute Gasteiger partial charge is 0.217 e. The first kappa shape index (κ1) is 11.3. The van der Waals surface area contributed by atoms with Crippen LogP contribution in [0.1, 0.15) is 0 Å². The van der Waals surface area contributed by atoms with Crippen molar-refractivity contribution in [3.05, 3.63) is 0 Å². The molecule has 78 valence electrons. The molecule has 1 aliphatic rings. The van der Waals surface area contributed by atoms with Crippen LogP contribution in [0.4, 0.5) is 30.7 Å². The second-order valence-electron chi connectivity index (χ2n) is 2.41. The van der Waals surface area contributed by atoms with Gasteiger partial charge in [0.05, 0.1) is 0 Å². The SMILES string of the molecule is FC1(F)C(F)(F)C(F)(SS)C1(F)F. The van der Waals surface area contributed by atoms with Crippen LogP contribution in [0, 0.1) is 0 Å². The Hall–Kier alpha value is 0.210. The lowest BCUT2D eigenvalue weighted by molar-refractivity contribution is -0.444. The molecule has 0 heterocycles. The molecule has 0 radical (unpaired) electrons. The molecule has 0 aliphatic heterocycles. The minimum absolute atomic E-state index is 0.922. The van der Waals surface area contributed by atoms with E-state index in [1.807, 2.05) is 0 Å². The van der Waals surface area contributed by atoms with Crippen LogP contribution < -0.4 is 0 Å². The zero-order valence-corrected chi connectivity index (χ0v) is 7.21. The van der Waals surface area contributed by atoms with E-state index in [1.165, 1.54) is 0 Å². The van der Waals surface area contributed by atoms with Gasteiger partial charge in [-0.2, -0.15) is 26.3 Å². The van der Waals surface area contributed by atoms with Crippen molar-refractivity contribution >= 4 is 22.5 Å². The van der Waals surface area contributed by atoms with Crippen LogP contribution in [0.15, 0.2) is 0 Å². The van der Waals surface area contributed by atoms with Gasteiger partial charge in [0.2, 0.25) is 0 Å². The molecule has 0 saturated heterocycles. The van der Waals surface area contributed by atoms with E-state index in [4.69, 9.17) is 0 Å². The average Bonchev–Trinajstić information content (AvgIpc) is 2.00. The molecule has 1 aliphatic carbocycles. The molecule has 0 aromatic carbocycles. The Kier molecular flexibility index (Phi) is 2.10. The van der Waals surface area contributed by atoms with Crippen LogP contribution in [0.5, 0.6) is 0 Å². The van der Waals surface area contributed by atoms with Gasteiger partial charge in [0.15, 0.2) is 0 Å². The Labute approximate surface area is 76.7 Å². The second-order valence-corrected chi connectivity index (χ2v) is 3.70. The predicted octanol–water partition coefficient (Wildman–Crippen LogP) is 3.15. The number of thiol groups is 1. The highest BCUT2D eigenvalue weighted by Crippen LogP contribution is 2.72. The van der Waals surface area contributed by atoms with Gasteiger partial charge in [-0.3, -0.25) is 0 Å². The Morgan fingerprint density at radius 2 is 1.00 bits per heavy atom. The molecular formula is C4HF7S2. The first-order valence-electron chi connectivity index (χ1n) is 2.71. The zero-order valence-electron chi connectivity index (χ0n) is 5.50. The Balaban J connectivity index is 3.18. The van der Waals surface area contributed by atoms with Crippen LogP contribution in [0.3, 0.4) is 0 Å². The van der Waals surface area contributed by atoms with Crippen LogP contribution in [0.25, 0.3) is 0 Å². The molecular weight excluding hydrogens is 245 g/mol. The van der Waals surface area contributed by atoms with E-state index in [9.17, 15) is 30.7 Å². The lowest BCUT2D eigenvalue weighted by atomic mass is 9.81. The quantitative estimate of drug-likeness (QED) is 0.421. The number of hydrogen-bond acceptors (Lipinski definition) is 2. The first-order chi connectivity index (χ1) is 5.56. The molecule has 1 fully saturated rings. The van der Waals surface area contributed by atoms with Crippen molar-refractivity contribution in [1.82, 2.24) is 0 Å². The summed E-state index contributed by atoms with van der Waals surface area (Å²) in [5.74, 6) is -16.5. The van der Waals surface area contributed by atoms with E-state index in [0.717, 1.165) is 0 Å². The van der Waals surface area contributed by atoms with Gasteiger partial charge < -0.3 is 0 Å². The third-order valence-corrected chi connectivity index (χ3v) is 3.24. The van der Waals surface area contributed by atoms with E-state index in [1.54, 1.807) is 0 Å². The maximum Gasteiger partial charge on any atom is 0.381 e. The molecule has 0 spiro atoms. The molecule has 0 bridgehead atoms. The van der Waals surface area contributed by atoms with Crippen LogP contribution in [0.2, 0.25) is 0 Å². The topological polar surface area (TPSA) is 0 Å². The number of alkyl halides is 7. The molecule has 13 heavy (non-hydrogen) atoms. The summed E-state index contributed by atoms with van der Waals surface area (Å²) in [5.41, 5.74) is 0. The van der Waals surface area contributed by atoms with Gasteiger partial charge in [-0.05, 0) is 10.8 Å². The highest BCUT2D eigenvalue weighted by molar-refractivity contribution is 8.69. The molecule has 1 rings (SSSR count). The van der Waals surface area contributed by atoms with E-state index in [-0.39, 0.29) is 0 Å². The van der Waals surface area contributed by atoms with Gasteiger partial charge in [-0.25, -0.2) is 4.39 Å². The number of rotatable bonds is 1. The summed E-state index contributed by atoms with van der Waals surface area (Å²) in [6, 6.07) is 0. The molecule has 0 atom stereocenters. The zero-order chi connectivity index (χ0) is 10.7. The maximum atomic E-state index is 12.6. The molecule has 0 aromatic heterocycles. The highest BCUT2D eigenvalue weighted by Gasteiger charge is 3.00. The van der Waals surface area contributed by atoms with Crippen molar-refractivity contribution in [3.8, 4) is 0 Å². The predicted molar refractivity (Wildman–Crippen MR) is 35.3 cm³/mol. The normalized spacial score (nSPS) is 32.3. The van der Waals surface area contributed by atoms with Gasteiger partial charge in [0.1, 0.15) is 0 Å². The summed E-state index contributed by atoms with van der Waals surface area (Å²) in [6.45, 7) is 0. The average molecular weight is 246 g/mol. The van der Waals surface area contributed by atoms with Crippen molar-refractivity contribution in [2.24, 2.45) is 0 Å². The molecule has 0 unspecified atom stereocenters. The standard InChI is InChI=1S/C4HF7S2/c5-1(6)2(7,8)4(11,13-12)3(1,9)10/h12H. The Morgan fingerprint density at radius 1 is 0.692 bits per heavy atom. The summed E-state index contributed by atoms with van der Waals surface area (Å²) in [5, 5.41) is -4.65. The summed E-state index contributed by atoms with van der Waals surface area (Å²) in [7, 11) is -0.922. The largest absolute Gasteiger partial charge is 0.381 e. The van der Waals surface area contributed by atoms with Crippen molar-refractivity contribution in [2.75, 3.05) is 0 Å². The molecule has 0 amide bonds. The van der Waals surface area contributed by atoms with Crippen molar-refractivity contribution in [3.63, 3.8) is 0 Å². The Morgan fingerprint density at radius 3 is 1.15 bits per heavy atom.